The summed E-state index contributed by atoms with van der Waals surface area (Å²) in [6.07, 6.45) is 3.70. The molecular weight excluding hydrogens is 436 g/mol. The molecule has 1 aliphatic heterocycles. The average Bonchev–Trinajstić information content (AvgIpc) is 2.75. The minimum Gasteiger partial charge on any atom is -0.334 e. The normalized spacial score (nSPS) is 16.8. The minimum atomic E-state index is -1.05. The molecule has 0 spiro atoms. The Bertz CT molecular complexity index is 1050. The smallest absolute Gasteiger partial charge is 0.223 e. The Morgan fingerprint density at radius 2 is 1.36 bits per heavy atom. The summed E-state index contributed by atoms with van der Waals surface area (Å²) >= 11 is 0. The number of rotatable bonds is 6. The zero-order valence-corrected chi connectivity index (χ0v) is 18.4. The van der Waals surface area contributed by atoms with E-state index in [1.165, 1.54) is 29.2 Å². The van der Waals surface area contributed by atoms with Crippen molar-refractivity contribution in [1.29, 1.82) is 0 Å². The summed E-state index contributed by atoms with van der Waals surface area (Å²) < 4.78 is 53.8. The van der Waals surface area contributed by atoms with Crippen LogP contribution in [0.15, 0.2) is 47.5 Å². The van der Waals surface area contributed by atoms with Crippen LogP contribution >= 0.6 is 0 Å². The Kier molecular flexibility index (Phi) is 7.81. The highest BCUT2D eigenvalue weighted by atomic mass is 19.2. The van der Waals surface area contributed by atoms with E-state index in [-0.39, 0.29) is 47.7 Å². The van der Waals surface area contributed by atoms with Gasteiger partial charge in [0.1, 0.15) is 0 Å². The first-order valence-electron chi connectivity index (χ1n) is 10.4. The van der Waals surface area contributed by atoms with Crippen molar-refractivity contribution in [2.45, 2.75) is 12.8 Å². The first kappa shape index (κ1) is 24.4. The summed E-state index contributed by atoms with van der Waals surface area (Å²) in [7, 11) is 3.80. The fraction of sp³-hybridized carbons (Fsp3) is 0.280. The third-order valence-corrected chi connectivity index (χ3v) is 5.22. The molecule has 1 aliphatic rings. The van der Waals surface area contributed by atoms with Gasteiger partial charge in [-0.3, -0.25) is 9.59 Å². The number of hydrogen-bond acceptors (Lipinski definition) is 3. The molecule has 174 valence electrons. The van der Waals surface area contributed by atoms with Crippen LogP contribution in [0.2, 0.25) is 0 Å². The van der Waals surface area contributed by atoms with Crippen molar-refractivity contribution in [2.24, 2.45) is 0 Å². The predicted octanol–water partition coefficient (Wildman–Crippen LogP) is 4.46. The minimum absolute atomic E-state index is 0.00768. The maximum atomic E-state index is 13.6. The van der Waals surface area contributed by atoms with Gasteiger partial charge >= 0.3 is 0 Å². The lowest BCUT2D eigenvalue weighted by Crippen LogP contribution is -2.41. The molecule has 1 fully saturated rings. The van der Waals surface area contributed by atoms with Crippen LogP contribution in [0.1, 0.15) is 24.0 Å². The summed E-state index contributed by atoms with van der Waals surface area (Å²) in [6, 6.07) is 6.50. The van der Waals surface area contributed by atoms with Gasteiger partial charge in [0.05, 0.1) is 0 Å². The molecule has 0 aromatic heterocycles. The molecule has 1 amide bonds. The summed E-state index contributed by atoms with van der Waals surface area (Å²) in [4.78, 5) is 29.3. The van der Waals surface area contributed by atoms with Crippen LogP contribution in [0, 0.1) is 23.3 Å². The second-order valence-corrected chi connectivity index (χ2v) is 8.17. The van der Waals surface area contributed by atoms with Crippen molar-refractivity contribution >= 4 is 23.8 Å². The number of nitrogens with zero attached hydrogens (tertiary/aromatic N) is 2. The molecule has 0 unspecified atom stereocenters. The van der Waals surface area contributed by atoms with Gasteiger partial charge in [-0.2, -0.15) is 0 Å². The van der Waals surface area contributed by atoms with E-state index >= 15 is 0 Å². The Balaban J connectivity index is 1.94. The molecule has 4 nitrogen and oxygen atoms in total. The van der Waals surface area contributed by atoms with Crippen LogP contribution in [0.3, 0.4) is 0 Å². The highest BCUT2D eigenvalue weighted by molar-refractivity contribution is 6.15. The number of likely N-dealkylation sites (tertiary alicyclic amines) is 1. The average molecular weight is 460 g/mol. The molecule has 0 aliphatic carbocycles. The summed E-state index contributed by atoms with van der Waals surface area (Å²) in [5.41, 5.74) is 0.960. The lowest BCUT2D eigenvalue weighted by Gasteiger charge is -2.30. The fourth-order valence-electron chi connectivity index (χ4n) is 3.53. The maximum absolute atomic E-state index is 13.6. The first-order valence-corrected chi connectivity index (χ1v) is 10.4. The first-order chi connectivity index (χ1) is 15.6. The highest BCUT2D eigenvalue weighted by Crippen LogP contribution is 2.24. The number of benzene rings is 2. The van der Waals surface area contributed by atoms with Crippen LogP contribution in [-0.2, 0) is 9.59 Å². The fourth-order valence-corrected chi connectivity index (χ4v) is 3.53. The van der Waals surface area contributed by atoms with Gasteiger partial charge in [0.15, 0.2) is 29.1 Å². The third-order valence-electron chi connectivity index (χ3n) is 5.22. The van der Waals surface area contributed by atoms with E-state index in [2.05, 4.69) is 0 Å². The zero-order valence-electron chi connectivity index (χ0n) is 18.4. The van der Waals surface area contributed by atoms with E-state index in [0.29, 0.717) is 13.0 Å². The van der Waals surface area contributed by atoms with Crippen molar-refractivity contribution < 1.29 is 27.2 Å². The van der Waals surface area contributed by atoms with E-state index < -0.39 is 29.1 Å². The Labute approximate surface area is 189 Å². The quantitative estimate of drug-likeness (QED) is 0.472. The number of halogens is 4. The van der Waals surface area contributed by atoms with Crippen LogP contribution in [0.4, 0.5) is 17.6 Å². The molecule has 1 saturated heterocycles. The zero-order chi connectivity index (χ0) is 24.1. The molecule has 8 heteroatoms. The lowest BCUT2D eigenvalue weighted by molar-refractivity contribution is -0.131. The molecule has 3 rings (SSSR count). The number of carbonyl (C=O) groups is 2. The van der Waals surface area contributed by atoms with Crippen molar-refractivity contribution in [2.75, 3.05) is 33.7 Å². The largest absolute Gasteiger partial charge is 0.334 e. The summed E-state index contributed by atoms with van der Waals surface area (Å²) in [5, 5.41) is 0. The van der Waals surface area contributed by atoms with Crippen LogP contribution in [-0.4, -0.2) is 55.2 Å². The molecule has 0 bridgehead atoms. The number of Topliss-reactive ketones (excluding diaryl/α,β-unsaturated/α-hetero) is 1. The van der Waals surface area contributed by atoms with Gasteiger partial charge in [-0.15, -0.1) is 0 Å². The molecule has 0 saturated carbocycles. The number of piperidine rings is 1. The number of carbonyl (C=O) groups excluding carboxylic acids is 2. The number of amides is 1. The van der Waals surface area contributed by atoms with Gasteiger partial charge in [-0.25, -0.2) is 17.6 Å². The monoisotopic (exact) mass is 460 g/mol. The molecule has 0 radical (unpaired) electrons. The molecule has 0 N–H and O–H groups in total. The van der Waals surface area contributed by atoms with E-state index in [0.717, 1.165) is 24.3 Å². The standard InChI is InChI=1S/C25H24F4N2O2/c1-30(2)9-3-4-24(32)31-14-18(10-16-5-7-20(26)22(28)12-16)25(33)19(15-31)11-17-6-8-21(27)23(29)13-17/h5-8,10-13H,3-4,9,14-15H2,1-2H3/b18-10+,19-11+. The van der Waals surface area contributed by atoms with Crippen molar-refractivity contribution in [3.8, 4) is 0 Å². The molecule has 2 aromatic rings. The van der Waals surface area contributed by atoms with Crippen molar-refractivity contribution in [3.63, 3.8) is 0 Å². The van der Waals surface area contributed by atoms with Crippen LogP contribution in [0.5, 0.6) is 0 Å². The summed E-state index contributed by atoms with van der Waals surface area (Å²) in [6.45, 7) is 0.731. The molecule has 2 aromatic carbocycles. The number of ketones is 1. The van der Waals surface area contributed by atoms with Gasteiger partial charge in [0, 0.05) is 30.7 Å². The Morgan fingerprint density at radius 3 is 1.79 bits per heavy atom. The molecule has 33 heavy (non-hydrogen) atoms. The van der Waals surface area contributed by atoms with E-state index in [1.807, 2.05) is 19.0 Å². The maximum Gasteiger partial charge on any atom is 0.223 e. The van der Waals surface area contributed by atoms with Gasteiger partial charge in [0.25, 0.3) is 0 Å². The van der Waals surface area contributed by atoms with Crippen LogP contribution < -0.4 is 0 Å². The highest BCUT2D eigenvalue weighted by Gasteiger charge is 2.29. The Hall–Kier alpha value is -3.26. The molecule has 1 heterocycles. The van der Waals surface area contributed by atoms with Crippen LogP contribution in [0.25, 0.3) is 12.2 Å². The van der Waals surface area contributed by atoms with E-state index in [1.54, 1.807) is 0 Å². The van der Waals surface area contributed by atoms with E-state index in [4.69, 9.17) is 0 Å². The number of hydrogen-bond donors (Lipinski definition) is 0. The molecular formula is C25H24F4N2O2. The van der Waals surface area contributed by atoms with Crippen molar-refractivity contribution in [3.05, 3.63) is 81.9 Å². The van der Waals surface area contributed by atoms with Gasteiger partial charge < -0.3 is 9.80 Å². The third kappa shape index (κ3) is 6.38. The topological polar surface area (TPSA) is 40.6 Å². The van der Waals surface area contributed by atoms with Gasteiger partial charge in [0.2, 0.25) is 5.91 Å². The van der Waals surface area contributed by atoms with Gasteiger partial charge in [-0.1, -0.05) is 12.1 Å². The summed E-state index contributed by atoms with van der Waals surface area (Å²) in [5.74, 6) is -4.70. The second-order valence-electron chi connectivity index (χ2n) is 8.17. The lowest BCUT2D eigenvalue weighted by atomic mass is 9.94. The Morgan fingerprint density at radius 1 is 0.879 bits per heavy atom. The second kappa shape index (κ2) is 10.6. The molecule has 0 atom stereocenters. The predicted molar refractivity (Wildman–Crippen MR) is 118 cm³/mol. The SMILES string of the molecule is CN(C)CCCC(=O)N1C/C(=C\c2ccc(F)c(F)c2)C(=O)/C(=C/c2ccc(F)c(F)c2)C1. The van der Waals surface area contributed by atoms with E-state index in [9.17, 15) is 27.2 Å². The van der Waals surface area contributed by atoms with Gasteiger partial charge in [-0.05, 0) is 74.6 Å². The van der Waals surface area contributed by atoms with Crippen molar-refractivity contribution in [1.82, 2.24) is 9.80 Å².